The molecule has 1 aromatic heterocycles. The van der Waals surface area contributed by atoms with E-state index >= 15 is 0 Å². The Bertz CT molecular complexity index is 1140. The molecule has 0 saturated carbocycles. The van der Waals surface area contributed by atoms with Crippen LogP contribution in [0.4, 0.5) is 0 Å². The van der Waals surface area contributed by atoms with E-state index in [-0.39, 0.29) is 11.7 Å². The fourth-order valence-electron chi connectivity index (χ4n) is 3.23. The van der Waals surface area contributed by atoms with Gasteiger partial charge in [-0.25, -0.2) is 5.43 Å². The Kier molecular flexibility index (Phi) is 4.58. The number of carbonyl (C=O) groups excluding carboxylic acids is 1. The van der Waals surface area contributed by atoms with Crippen molar-refractivity contribution >= 4 is 33.8 Å². The molecule has 5 nitrogen and oxygen atoms in total. The fourth-order valence-corrected chi connectivity index (χ4v) is 3.23. The quantitative estimate of drug-likeness (QED) is 0.371. The second kappa shape index (κ2) is 7.33. The highest BCUT2D eigenvalue weighted by Crippen LogP contribution is 2.25. The number of aryl methyl sites for hydroxylation is 1. The first-order valence-electron chi connectivity index (χ1n) is 8.80. The molecule has 134 valence electrons. The van der Waals surface area contributed by atoms with Crippen LogP contribution in [0.15, 0.2) is 72.0 Å². The van der Waals surface area contributed by atoms with Crippen LogP contribution in [0, 0.1) is 0 Å². The zero-order valence-electron chi connectivity index (χ0n) is 14.6. The molecule has 0 fully saturated rings. The van der Waals surface area contributed by atoms with E-state index < -0.39 is 0 Å². The van der Waals surface area contributed by atoms with Gasteiger partial charge >= 0.3 is 0 Å². The number of nitrogens with one attached hydrogen (secondary N) is 2. The Balaban J connectivity index is 1.42. The molecule has 0 aliphatic heterocycles. The number of amides is 1. The summed E-state index contributed by atoms with van der Waals surface area (Å²) in [5.41, 5.74) is 5.31. The maximum absolute atomic E-state index is 12.1. The minimum absolute atomic E-state index is 0.130. The molecule has 0 atom stereocenters. The topological polar surface area (TPSA) is 77.5 Å². The summed E-state index contributed by atoms with van der Waals surface area (Å²) in [6.07, 6.45) is 4.39. The number of nitrogens with zero attached hydrogens (tertiary/aromatic N) is 1. The minimum atomic E-state index is -0.170. The van der Waals surface area contributed by atoms with Crippen LogP contribution in [-0.4, -0.2) is 22.2 Å². The summed E-state index contributed by atoms with van der Waals surface area (Å²) in [6.45, 7) is 0. The van der Waals surface area contributed by atoms with E-state index in [1.807, 2.05) is 60.8 Å². The lowest BCUT2D eigenvalue weighted by molar-refractivity contribution is -0.121. The standard InChI is InChI=1S/C22H19N3O2/c26-21-11-9-15-5-1-2-6-17(15)19(21)14-24-25-22(27)12-10-16-13-23-20-8-4-3-7-18(16)20/h1-9,11,13-14,23,26H,10,12H2,(H,25,27)/b24-14-. The minimum Gasteiger partial charge on any atom is -0.507 e. The molecule has 0 aliphatic carbocycles. The van der Waals surface area contributed by atoms with Crippen LogP contribution in [0.3, 0.4) is 0 Å². The number of hydrazone groups is 1. The summed E-state index contributed by atoms with van der Waals surface area (Å²) in [5, 5.41) is 17.1. The number of hydrogen-bond donors (Lipinski definition) is 3. The van der Waals surface area contributed by atoms with Gasteiger partial charge in [0.25, 0.3) is 0 Å². The van der Waals surface area contributed by atoms with Crippen LogP contribution in [0.2, 0.25) is 0 Å². The van der Waals surface area contributed by atoms with E-state index in [4.69, 9.17) is 0 Å². The van der Waals surface area contributed by atoms with Gasteiger partial charge in [0.1, 0.15) is 5.75 Å². The van der Waals surface area contributed by atoms with Crippen molar-refractivity contribution in [2.45, 2.75) is 12.8 Å². The van der Waals surface area contributed by atoms with Gasteiger partial charge in [-0.05, 0) is 34.9 Å². The Morgan fingerprint density at radius 1 is 1.04 bits per heavy atom. The Labute approximate surface area is 156 Å². The van der Waals surface area contributed by atoms with E-state index in [1.165, 1.54) is 6.21 Å². The van der Waals surface area contributed by atoms with Crippen molar-refractivity contribution in [1.29, 1.82) is 0 Å². The SMILES string of the molecule is O=C(CCc1c[nH]c2ccccc12)N/N=C\c1c(O)ccc2ccccc12. The first kappa shape index (κ1) is 16.8. The van der Waals surface area contributed by atoms with Crippen LogP contribution in [-0.2, 0) is 11.2 Å². The summed E-state index contributed by atoms with van der Waals surface area (Å²) in [5.74, 6) is -0.0400. The molecule has 0 unspecified atom stereocenters. The number of aromatic hydroxyl groups is 1. The highest BCUT2D eigenvalue weighted by molar-refractivity contribution is 6.02. The first-order chi connectivity index (χ1) is 13.2. The van der Waals surface area contributed by atoms with Crippen LogP contribution < -0.4 is 5.43 Å². The zero-order valence-corrected chi connectivity index (χ0v) is 14.6. The van der Waals surface area contributed by atoms with E-state index in [0.29, 0.717) is 18.4 Å². The summed E-state index contributed by atoms with van der Waals surface area (Å²) < 4.78 is 0. The summed E-state index contributed by atoms with van der Waals surface area (Å²) in [7, 11) is 0. The van der Waals surface area contributed by atoms with Gasteiger partial charge in [-0.15, -0.1) is 0 Å². The maximum atomic E-state index is 12.1. The van der Waals surface area contributed by atoms with Crippen molar-refractivity contribution < 1.29 is 9.90 Å². The van der Waals surface area contributed by atoms with Crippen molar-refractivity contribution in [1.82, 2.24) is 10.4 Å². The number of carbonyl (C=O) groups is 1. The third-order valence-corrected chi connectivity index (χ3v) is 4.63. The smallest absolute Gasteiger partial charge is 0.240 e. The molecule has 0 bridgehead atoms. The van der Waals surface area contributed by atoms with Gasteiger partial charge in [0.05, 0.1) is 6.21 Å². The lowest BCUT2D eigenvalue weighted by atomic mass is 10.0. The normalized spacial score (nSPS) is 11.4. The van der Waals surface area contributed by atoms with Gasteiger partial charge in [-0.3, -0.25) is 4.79 Å². The summed E-state index contributed by atoms with van der Waals surface area (Å²) in [4.78, 5) is 15.3. The predicted molar refractivity (Wildman–Crippen MR) is 108 cm³/mol. The molecule has 0 spiro atoms. The predicted octanol–water partition coefficient (Wildman–Crippen LogP) is 4.11. The van der Waals surface area contributed by atoms with E-state index in [1.54, 1.807) is 6.07 Å². The monoisotopic (exact) mass is 357 g/mol. The molecule has 0 saturated heterocycles. The second-order valence-electron chi connectivity index (χ2n) is 6.37. The van der Waals surface area contributed by atoms with Gasteiger partial charge in [0.2, 0.25) is 5.91 Å². The van der Waals surface area contributed by atoms with Crippen LogP contribution in [0.5, 0.6) is 5.75 Å². The number of fused-ring (bicyclic) bond motifs is 2. The molecule has 3 aromatic carbocycles. The number of phenolic OH excluding ortho intramolecular Hbond substituents is 1. The summed E-state index contributed by atoms with van der Waals surface area (Å²) >= 11 is 0. The van der Waals surface area contributed by atoms with Crippen LogP contribution in [0.25, 0.3) is 21.7 Å². The maximum Gasteiger partial charge on any atom is 0.240 e. The Morgan fingerprint density at radius 2 is 1.81 bits per heavy atom. The van der Waals surface area contributed by atoms with Crippen LogP contribution >= 0.6 is 0 Å². The number of benzene rings is 3. The number of aromatic nitrogens is 1. The molecular formula is C22H19N3O2. The van der Waals surface area contributed by atoms with Gasteiger partial charge in [0, 0.05) is 29.1 Å². The zero-order chi connectivity index (χ0) is 18.6. The van der Waals surface area contributed by atoms with Crippen molar-refractivity contribution in [3.05, 3.63) is 78.0 Å². The van der Waals surface area contributed by atoms with Gasteiger partial charge in [0.15, 0.2) is 0 Å². The van der Waals surface area contributed by atoms with E-state index in [0.717, 1.165) is 27.2 Å². The number of para-hydroxylation sites is 1. The fraction of sp³-hybridized carbons (Fsp3) is 0.0909. The van der Waals surface area contributed by atoms with E-state index in [2.05, 4.69) is 15.5 Å². The molecule has 3 N–H and O–H groups in total. The van der Waals surface area contributed by atoms with Crippen molar-refractivity contribution in [3.8, 4) is 5.75 Å². The number of phenols is 1. The third kappa shape index (κ3) is 3.53. The highest BCUT2D eigenvalue weighted by Gasteiger charge is 2.07. The molecular weight excluding hydrogens is 338 g/mol. The van der Waals surface area contributed by atoms with Gasteiger partial charge in [-0.1, -0.05) is 48.5 Å². The molecule has 4 rings (SSSR count). The molecule has 1 heterocycles. The first-order valence-corrected chi connectivity index (χ1v) is 8.80. The number of aromatic amines is 1. The molecule has 4 aromatic rings. The largest absolute Gasteiger partial charge is 0.507 e. The van der Waals surface area contributed by atoms with Gasteiger partial charge in [-0.2, -0.15) is 5.10 Å². The number of H-pyrrole nitrogens is 1. The third-order valence-electron chi connectivity index (χ3n) is 4.63. The van der Waals surface area contributed by atoms with Crippen molar-refractivity contribution in [3.63, 3.8) is 0 Å². The average Bonchev–Trinajstić information content (AvgIpc) is 3.11. The Morgan fingerprint density at radius 3 is 2.70 bits per heavy atom. The number of rotatable bonds is 5. The highest BCUT2D eigenvalue weighted by atomic mass is 16.3. The molecule has 5 heteroatoms. The molecule has 0 aliphatic rings. The van der Waals surface area contributed by atoms with Crippen molar-refractivity contribution in [2.24, 2.45) is 5.10 Å². The summed E-state index contributed by atoms with van der Waals surface area (Å²) in [6, 6.07) is 19.2. The lowest BCUT2D eigenvalue weighted by Gasteiger charge is -2.05. The van der Waals surface area contributed by atoms with E-state index in [9.17, 15) is 9.90 Å². The van der Waals surface area contributed by atoms with Crippen LogP contribution in [0.1, 0.15) is 17.5 Å². The van der Waals surface area contributed by atoms with Crippen molar-refractivity contribution in [2.75, 3.05) is 0 Å². The molecule has 1 amide bonds. The Hall–Kier alpha value is -3.60. The second-order valence-corrected chi connectivity index (χ2v) is 6.37. The lowest BCUT2D eigenvalue weighted by Crippen LogP contribution is -2.17. The number of hydrogen-bond acceptors (Lipinski definition) is 3. The molecule has 0 radical (unpaired) electrons. The average molecular weight is 357 g/mol. The van der Waals surface area contributed by atoms with Gasteiger partial charge < -0.3 is 10.1 Å². The molecule has 27 heavy (non-hydrogen) atoms.